The first kappa shape index (κ1) is 8.77. The summed E-state index contributed by atoms with van der Waals surface area (Å²) < 4.78 is 0. The summed E-state index contributed by atoms with van der Waals surface area (Å²) in [6.45, 7) is 4.07. The van der Waals surface area contributed by atoms with Crippen LogP contribution in [0.5, 0.6) is 0 Å². The Hall–Kier alpha value is -0.227. The topological polar surface area (TPSA) is 12.9 Å². The van der Waals surface area contributed by atoms with Gasteiger partial charge in [-0.3, -0.25) is 4.98 Å². The van der Waals surface area contributed by atoms with Crippen LogP contribution in [0, 0.1) is 13.8 Å². The van der Waals surface area contributed by atoms with E-state index in [2.05, 4.69) is 18.0 Å². The van der Waals surface area contributed by atoms with Gasteiger partial charge in [-0.25, -0.2) is 0 Å². The van der Waals surface area contributed by atoms with Crippen LogP contribution in [0.2, 0.25) is 0 Å². The molecule has 0 fully saturated rings. The molecule has 0 aliphatic rings. The molecule has 0 aliphatic heterocycles. The summed E-state index contributed by atoms with van der Waals surface area (Å²) in [6.07, 6.45) is 1.81. The molecule has 0 unspecified atom stereocenters. The van der Waals surface area contributed by atoms with Crippen LogP contribution in [0.1, 0.15) is 11.3 Å². The van der Waals surface area contributed by atoms with E-state index in [1.165, 1.54) is 5.56 Å². The quantitative estimate of drug-likeness (QED) is 0.591. The van der Waals surface area contributed by atoms with E-state index in [9.17, 15) is 0 Å². The number of hydrogen-bond acceptors (Lipinski definition) is 1. The van der Waals surface area contributed by atoms with Crippen molar-refractivity contribution in [3.63, 3.8) is 0 Å². The second-order valence-corrected chi connectivity index (χ2v) is 1.91. The molecule has 1 nitrogen and oxygen atoms in total. The molecule has 1 heterocycles. The first-order valence-electron chi connectivity index (χ1n) is 2.69. The zero-order valence-electron chi connectivity index (χ0n) is 5.53. The molecule has 50 valence electrons. The number of aryl methyl sites for hydroxylation is 2. The van der Waals surface area contributed by atoms with Gasteiger partial charge in [-0.2, -0.15) is 0 Å². The molecule has 1 aromatic heterocycles. The van der Waals surface area contributed by atoms with E-state index in [0.29, 0.717) is 0 Å². The molecule has 9 heavy (non-hydrogen) atoms. The Balaban J connectivity index is 0.000000640. The van der Waals surface area contributed by atoms with Crippen LogP contribution in [0.25, 0.3) is 0 Å². The van der Waals surface area contributed by atoms with Gasteiger partial charge in [0.2, 0.25) is 0 Å². The van der Waals surface area contributed by atoms with Crippen molar-refractivity contribution < 1.29 is 19.5 Å². The third-order valence-electron chi connectivity index (χ3n) is 1.27. The first-order valence-corrected chi connectivity index (χ1v) is 2.69. The second kappa shape index (κ2) is 3.73. The van der Waals surface area contributed by atoms with Crippen molar-refractivity contribution in [2.24, 2.45) is 0 Å². The fourth-order valence-electron chi connectivity index (χ4n) is 0.565. The molecule has 0 N–H and O–H groups in total. The van der Waals surface area contributed by atoms with E-state index in [1.807, 2.05) is 19.2 Å². The molecule has 0 atom stereocenters. The Kier molecular flexibility index (Phi) is 3.64. The number of rotatable bonds is 0. The van der Waals surface area contributed by atoms with E-state index in [4.69, 9.17) is 0 Å². The number of hydrogen-bond donors (Lipinski definition) is 0. The largest absolute Gasteiger partial charge is 0.261 e. The average Bonchev–Trinajstić information content (AvgIpc) is 1.77. The van der Waals surface area contributed by atoms with E-state index < -0.39 is 0 Å². The van der Waals surface area contributed by atoms with E-state index >= 15 is 0 Å². The summed E-state index contributed by atoms with van der Waals surface area (Å²) in [5.41, 5.74) is 2.38. The van der Waals surface area contributed by atoms with Crippen LogP contribution >= 0.6 is 0 Å². The maximum atomic E-state index is 4.08. The van der Waals surface area contributed by atoms with Gasteiger partial charge in [-0.1, -0.05) is 6.07 Å². The Labute approximate surface area is 68.3 Å². The number of pyridine rings is 1. The van der Waals surface area contributed by atoms with Crippen LogP contribution < -0.4 is 0 Å². The van der Waals surface area contributed by atoms with Crippen LogP contribution in [-0.4, -0.2) is 4.98 Å². The minimum Gasteiger partial charge on any atom is -0.261 e. The van der Waals surface area contributed by atoms with Gasteiger partial charge in [0, 0.05) is 31.4 Å². The normalized spacial score (nSPS) is 8.22. The summed E-state index contributed by atoms with van der Waals surface area (Å²) in [7, 11) is 0. The zero-order valence-corrected chi connectivity index (χ0v) is 7.27. The van der Waals surface area contributed by atoms with Crippen molar-refractivity contribution in [2.45, 2.75) is 13.8 Å². The van der Waals surface area contributed by atoms with Crippen LogP contribution in [0.4, 0.5) is 0 Å². The van der Waals surface area contributed by atoms with Gasteiger partial charge in [0.1, 0.15) is 0 Å². The monoisotopic (exact) mass is 209 g/mol. The molecule has 1 rings (SSSR count). The van der Waals surface area contributed by atoms with Gasteiger partial charge in [-0.05, 0) is 25.5 Å². The summed E-state index contributed by atoms with van der Waals surface area (Å²) in [5, 5.41) is 0. The molecule has 0 saturated heterocycles. The minimum absolute atomic E-state index is 0. The van der Waals surface area contributed by atoms with E-state index in [0.717, 1.165) is 5.69 Å². The molecule has 0 radical (unpaired) electrons. The van der Waals surface area contributed by atoms with Crippen molar-refractivity contribution in [2.75, 3.05) is 0 Å². The van der Waals surface area contributed by atoms with E-state index in [-0.39, 0.29) is 19.5 Å². The molecule has 0 amide bonds. The summed E-state index contributed by atoms with van der Waals surface area (Å²) in [6, 6.07) is 4.00. The smallest absolute Gasteiger partial charge is 0.0401 e. The SMILES string of the molecule is Cc1cccnc1C.[Ru]. The molecule has 0 bridgehead atoms. The molecule has 1 aromatic rings. The fraction of sp³-hybridized carbons (Fsp3) is 0.286. The van der Waals surface area contributed by atoms with Crippen LogP contribution in [0.15, 0.2) is 18.3 Å². The fourth-order valence-corrected chi connectivity index (χ4v) is 0.565. The minimum atomic E-state index is 0. The Morgan fingerprint density at radius 2 is 2.00 bits per heavy atom. The van der Waals surface area contributed by atoms with Crippen molar-refractivity contribution in [1.29, 1.82) is 0 Å². The van der Waals surface area contributed by atoms with Crippen LogP contribution in [0.3, 0.4) is 0 Å². The summed E-state index contributed by atoms with van der Waals surface area (Å²) in [5.74, 6) is 0. The van der Waals surface area contributed by atoms with Crippen molar-refractivity contribution in [3.05, 3.63) is 29.6 Å². The summed E-state index contributed by atoms with van der Waals surface area (Å²) >= 11 is 0. The van der Waals surface area contributed by atoms with Crippen molar-refractivity contribution >= 4 is 0 Å². The predicted octanol–water partition coefficient (Wildman–Crippen LogP) is 1.70. The molecule has 0 saturated carbocycles. The maximum absolute atomic E-state index is 4.08. The van der Waals surface area contributed by atoms with Gasteiger partial charge in [-0.15, -0.1) is 0 Å². The molecule has 2 heteroatoms. The van der Waals surface area contributed by atoms with Crippen molar-refractivity contribution in [1.82, 2.24) is 4.98 Å². The molecule has 0 aromatic carbocycles. The zero-order chi connectivity index (χ0) is 5.98. The average molecular weight is 208 g/mol. The molecular weight excluding hydrogens is 199 g/mol. The third-order valence-corrected chi connectivity index (χ3v) is 1.27. The third kappa shape index (κ3) is 2.23. The van der Waals surface area contributed by atoms with Gasteiger partial charge >= 0.3 is 0 Å². The Bertz CT molecular complexity index is 165. The molecular formula is C7H9NRu. The molecule has 0 aliphatic carbocycles. The Morgan fingerprint density at radius 1 is 1.33 bits per heavy atom. The van der Waals surface area contributed by atoms with Crippen LogP contribution in [-0.2, 0) is 19.5 Å². The predicted molar refractivity (Wildman–Crippen MR) is 33.7 cm³/mol. The van der Waals surface area contributed by atoms with Gasteiger partial charge < -0.3 is 0 Å². The van der Waals surface area contributed by atoms with Gasteiger partial charge in [0.05, 0.1) is 0 Å². The molecule has 0 spiro atoms. The maximum Gasteiger partial charge on any atom is 0.0401 e. The van der Waals surface area contributed by atoms with Gasteiger partial charge in [0.15, 0.2) is 0 Å². The number of nitrogens with zero attached hydrogens (tertiary/aromatic N) is 1. The van der Waals surface area contributed by atoms with E-state index in [1.54, 1.807) is 0 Å². The standard InChI is InChI=1S/C7H9N.Ru/c1-6-4-3-5-8-7(6)2;/h3-5H,1-2H3;. The van der Waals surface area contributed by atoms with Gasteiger partial charge in [0.25, 0.3) is 0 Å². The van der Waals surface area contributed by atoms with Crippen molar-refractivity contribution in [3.8, 4) is 0 Å². The summed E-state index contributed by atoms with van der Waals surface area (Å²) in [4.78, 5) is 4.08. The number of aromatic nitrogens is 1. The second-order valence-electron chi connectivity index (χ2n) is 1.91. The Morgan fingerprint density at radius 3 is 2.33 bits per heavy atom. The first-order chi connectivity index (χ1) is 3.80.